The maximum absolute atomic E-state index is 13.3. The van der Waals surface area contributed by atoms with E-state index in [4.69, 9.17) is 17.3 Å². The predicted molar refractivity (Wildman–Crippen MR) is 106 cm³/mol. The van der Waals surface area contributed by atoms with E-state index in [9.17, 15) is 9.18 Å². The lowest BCUT2D eigenvalue weighted by Gasteiger charge is -2.09. The molecular formula is C20H16ClFN4O. The zero-order chi connectivity index (χ0) is 19.4. The Balaban J connectivity index is 1.85. The molecule has 0 saturated carbocycles. The van der Waals surface area contributed by atoms with Crippen LogP contribution in [0.1, 0.15) is 15.9 Å². The number of hydrogen-bond donors (Lipinski definition) is 2. The summed E-state index contributed by atoms with van der Waals surface area (Å²) in [7, 11) is 1.51. The monoisotopic (exact) mass is 382 g/mol. The normalized spacial score (nSPS) is 12.3. The van der Waals surface area contributed by atoms with E-state index < -0.39 is 11.7 Å². The summed E-state index contributed by atoms with van der Waals surface area (Å²) in [6.45, 7) is 0. The molecule has 3 N–H and O–H groups in total. The molecule has 3 aromatic rings. The predicted octanol–water partition coefficient (Wildman–Crippen LogP) is 3.79. The van der Waals surface area contributed by atoms with Crippen LogP contribution in [0.25, 0.3) is 16.6 Å². The number of pyridine rings is 1. The second kappa shape index (κ2) is 7.97. The second-order valence-electron chi connectivity index (χ2n) is 5.70. The molecule has 136 valence electrons. The molecule has 7 heteroatoms. The van der Waals surface area contributed by atoms with Crippen LogP contribution in [0.4, 0.5) is 4.39 Å². The number of nitrogens with two attached hydrogens (primary N) is 1. The van der Waals surface area contributed by atoms with Gasteiger partial charge in [-0.2, -0.15) is 0 Å². The van der Waals surface area contributed by atoms with Gasteiger partial charge in [0.05, 0.1) is 16.1 Å². The Bertz CT molecular complexity index is 1080. The highest BCUT2D eigenvalue weighted by Gasteiger charge is 2.14. The first-order valence-corrected chi connectivity index (χ1v) is 8.41. The van der Waals surface area contributed by atoms with Gasteiger partial charge in [-0.1, -0.05) is 29.8 Å². The van der Waals surface area contributed by atoms with Crippen molar-refractivity contribution in [1.29, 1.82) is 0 Å². The Hall–Kier alpha value is -3.25. The van der Waals surface area contributed by atoms with Crippen molar-refractivity contribution >= 4 is 39.9 Å². The lowest BCUT2D eigenvalue weighted by molar-refractivity contribution is 0.0977. The maximum atomic E-state index is 13.3. The van der Waals surface area contributed by atoms with Gasteiger partial charge in [0, 0.05) is 36.0 Å². The lowest BCUT2D eigenvalue weighted by Crippen LogP contribution is -2.30. The van der Waals surface area contributed by atoms with Gasteiger partial charge < -0.3 is 11.1 Å². The molecule has 2 aromatic carbocycles. The average molecular weight is 383 g/mol. The summed E-state index contributed by atoms with van der Waals surface area (Å²) >= 11 is 6.23. The molecule has 1 heterocycles. The van der Waals surface area contributed by atoms with Gasteiger partial charge in [0.15, 0.2) is 0 Å². The van der Waals surface area contributed by atoms with Gasteiger partial charge in [-0.25, -0.2) is 4.39 Å². The minimum absolute atomic E-state index is 0.221. The lowest BCUT2D eigenvalue weighted by atomic mass is 10.1. The van der Waals surface area contributed by atoms with Crippen molar-refractivity contribution < 1.29 is 9.18 Å². The number of nitrogens with one attached hydrogen (secondary N) is 1. The third kappa shape index (κ3) is 4.30. The molecule has 0 radical (unpaired) electrons. The summed E-state index contributed by atoms with van der Waals surface area (Å²) in [5.74, 6) is -0.631. The van der Waals surface area contributed by atoms with E-state index in [2.05, 4.69) is 15.3 Å². The summed E-state index contributed by atoms with van der Waals surface area (Å²) in [4.78, 5) is 20.9. The standard InChI is InChI=1S/C20H16ClFN4O/c1-24-19(11-17(23)12-4-2-6-14(22)8-12)26-20(27)15-10-18-13(9-16(15)21)5-3-7-25-18/h2-11H,23H2,1H3,(H,24,26,27). The highest BCUT2D eigenvalue weighted by Crippen LogP contribution is 2.22. The fraction of sp³-hybridized carbons (Fsp3) is 0.0500. The van der Waals surface area contributed by atoms with Crippen molar-refractivity contribution in [2.75, 3.05) is 7.05 Å². The van der Waals surface area contributed by atoms with Crippen LogP contribution in [0.15, 0.2) is 65.8 Å². The van der Waals surface area contributed by atoms with Crippen LogP contribution in [0.3, 0.4) is 0 Å². The molecule has 0 fully saturated rings. The van der Waals surface area contributed by atoms with Crippen LogP contribution in [0.2, 0.25) is 5.02 Å². The zero-order valence-electron chi connectivity index (χ0n) is 14.4. The molecule has 5 nitrogen and oxygen atoms in total. The molecule has 0 aliphatic heterocycles. The summed E-state index contributed by atoms with van der Waals surface area (Å²) in [5, 5.41) is 3.78. The number of fused-ring (bicyclic) bond motifs is 1. The first-order valence-electron chi connectivity index (χ1n) is 8.03. The molecule has 0 bridgehead atoms. The highest BCUT2D eigenvalue weighted by molar-refractivity contribution is 6.35. The number of hydrogen-bond acceptors (Lipinski definition) is 4. The van der Waals surface area contributed by atoms with Gasteiger partial charge >= 0.3 is 0 Å². The zero-order valence-corrected chi connectivity index (χ0v) is 15.2. The smallest absolute Gasteiger partial charge is 0.258 e. The topological polar surface area (TPSA) is 80.4 Å². The van der Waals surface area contributed by atoms with E-state index in [0.717, 1.165) is 5.39 Å². The third-order valence-corrected chi connectivity index (χ3v) is 4.18. The van der Waals surface area contributed by atoms with E-state index in [1.54, 1.807) is 36.5 Å². The average Bonchev–Trinajstić information content (AvgIpc) is 2.66. The van der Waals surface area contributed by atoms with E-state index in [-0.39, 0.29) is 17.1 Å². The molecule has 0 aliphatic carbocycles. The number of halogens is 2. The van der Waals surface area contributed by atoms with E-state index in [1.165, 1.54) is 25.3 Å². The molecule has 1 aromatic heterocycles. The number of nitrogens with zero attached hydrogens (tertiary/aromatic N) is 2. The number of carbonyl (C=O) groups excluding carboxylic acids is 1. The van der Waals surface area contributed by atoms with Crippen LogP contribution < -0.4 is 11.1 Å². The molecule has 0 spiro atoms. The highest BCUT2D eigenvalue weighted by atomic mass is 35.5. The molecule has 0 unspecified atom stereocenters. The summed E-state index contributed by atoms with van der Waals surface area (Å²) < 4.78 is 13.3. The molecular weight excluding hydrogens is 367 g/mol. The van der Waals surface area contributed by atoms with Gasteiger partial charge in [-0.05, 0) is 30.3 Å². The van der Waals surface area contributed by atoms with Gasteiger partial charge in [0.25, 0.3) is 5.91 Å². The van der Waals surface area contributed by atoms with Crippen LogP contribution in [0.5, 0.6) is 0 Å². The number of amides is 1. The number of carbonyl (C=O) groups is 1. The Morgan fingerprint density at radius 3 is 2.81 bits per heavy atom. The minimum atomic E-state index is -0.448. The fourth-order valence-corrected chi connectivity index (χ4v) is 2.76. The molecule has 0 aliphatic rings. The summed E-state index contributed by atoms with van der Waals surface area (Å²) in [6.07, 6.45) is 3.10. The van der Waals surface area contributed by atoms with Crippen molar-refractivity contribution in [2.24, 2.45) is 10.7 Å². The maximum Gasteiger partial charge on any atom is 0.258 e. The quantitative estimate of drug-likeness (QED) is 0.534. The fourth-order valence-electron chi connectivity index (χ4n) is 2.51. The SMILES string of the molecule is CN=C(C=C(N)c1cccc(F)c1)NC(=O)c1cc2ncccc2cc1Cl. The Kier molecular flexibility index (Phi) is 5.47. The Labute approximate surface area is 160 Å². The largest absolute Gasteiger partial charge is 0.398 e. The number of amidine groups is 1. The minimum Gasteiger partial charge on any atom is -0.398 e. The Morgan fingerprint density at radius 1 is 1.26 bits per heavy atom. The van der Waals surface area contributed by atoms with Crippen LogP contribution in [-0.4, -0.2) is 23.8 Å². The van der Waals surface area contributed by atoms with E-state index in [1.807, 2.05) is 6.07 Å². The molecule has 0 atom stereocenters. The van der Waals surface area contributed by atoms with Gasteiger partial charge in [0.2, 0.25) is 0 Å². The van der Waals surface area contributed by atoms with Crippen molar-refractivity contribution in [1.82, 2.24) is 10.3 Å². The van der Waals surface area contributed by atoms with Gasteiger partial charge in [0.1, 0.15) is 11.7 Å². The van der Waals surface area contributed by atoms with E-state index >= 15 is 0 Å². The van der Waals surface area contributed by atoms with Crippen molar-refractivity contribution in [3.8, 4) is 0 Å². The molecule has 27 heavy (non-hydrogen) atoms. The summed E-state index contributed by atoms with van der Waals surface area (Å²) in [5.41, 5.74) is 7.65. The Morgan fingerprint density at radius 2 is 2.07 bits per heavy atom. The first-order chi connectivity index (χ1) is 13.0. The van der Waals surface area contributed by atoms with Gasteiger partial charge in [-0.3, -0.25) is 14.8 Å². The van der Waals surface area contributed by atoms with E-state index in [0.29, 0.717) is 16.1 Å². The van der Waals surface area contributed by atoms with Crippen molar-refractivity contribution in [3.63, 3.8) is 0 Å². The first kappa shape index (κ1) is 18.5. The van der Waals surface area contributed by atoms with Crippen LogP contribution in [-0.2, 0) is 0 Å². The number of rotatable bonds is 3. The van der Waals surface area contributed by atoms with Crippen LogP contribution in [0, 0.1) is 5.82 Å². The number of aromatic nitrogens is 1. The molecule has 0 saturated heterocycles. The molecule has 3 rings (SSSR count). The van der Waals surface area contributed by atoms with Gasteiger partial charge in [-0.15, -0.1) is 0 Å². The van der Waals surface area contributed by atoms with Crippen molar-refractivity contribution in [2.45, 2.75) is 0 Å². The molecule has 1 amide bonds. The summed E-state index contributed by atoms with van der Waals surface area (Å²) in [6, 6.07) is 12.8. The second-order valence-corrected chi connectivity index (χ2v) is 6.11. The third-order valence-electron chi connectivity index (χ3n) is 3.87. The van der Waals surface area contributed by atoms with Crippen LogP contribution >= 0.6 is 11.6 Å². The van der Waals surface area contributed by atoms with Crippen molar-refractivity contribution in [3.05, 3.63) is 82.8 Å². The number of benzene rings is 2. The number of aliphatic imine (C=N–C) groups is 1.